The second-order valence-corrected chi connectivity index (χ2v) is 2.65. The molecule has 14 heavy (non-hydrogen) atoms. The molecule has 0 aromatic heterocycles. The molecule has 1 aromatic carbocycles. The van der Waals surface area contributed by atoms with Gasteiger partial charge in [-0.15, -0.1) is 0 Å². The normalized spacial score (nSPS) is 7.57. The van der Waals surface area contributed by atoms with Gasteiger partial charge in [-0.05, 0) is 19.4 Å². The standard InChI is InChI=1S/C10H12.2C2H6/c1-8(2)10-6-4-9(3)5-7-10;2*1-2/h4-7H,1H2,2-3H3;2*1-2H3. The van der Waals surface area contributed by atoms with E-state index in [1.54, 1.807) is 0 Å². The van der Waals surface area contributed by atoms with Gasteiger partial charge in [0.1, 0.15) is 0 Å². The van der Waals surface area contributed by atoms with Gasteiger partial charge in [0, 0.05) is 0 Å². The van der Waals surface area contributed by atoms with Crippen molar-refractivity contribution in [3.8, 4) is 0 Å². The number of hydrogen-bond acceptors (Lipinski definition) is 0. The summed E-state index contributed by atoms with van der Waals surface area (Å²) in [5.41, 5.74) is 3.65. The van der Waals surface area contributed by atoms with Gasteiger partial charge in [-0.1, -0.05) is 69.7 Å². The Morgan fingerprint density at radius 3 is 1.57 bits per heavy atom. The topological polar surface area (TPSA) is 0 Å². The van der Waals surface area contributed by atoms with E-state index in [1.165, 1.54) is 11.1 Å². The Hall–Kier alpha value is -1.04. The molecule has 1 rings (SSSR count). The number of benzene rings is 1. The molecule has 80 valence electrons. The largest absolute Gasteiger partial charge is 0.0955 e. The molecule has 0 aliphatic heterocycles. The fourth-order valence-electron chi connectivity index (χ4n) is 0.838. The molecule has 0 bridgehead atoms. The smallest absolute Gasteiger partial charge is 0.0233 e. The molecule has 0 fully saturated rings. The summed E-state index contributed by atoms with van der Waals surface area (Å²) >= 11 is 0. The van der Waals surface area contributed by atoms with Crippen molar-refractivity contribution in [2.24, 2.45) is 0 Å². The lowest BCUT2D eigenvalue weighted by Gasteiger charge is -1.98. The van der Waals surface area contributed by atoms with Crippen molar-refractivity contribution in [3.05, 3.63) is 42.0 Å². The lowest BCUT2D eigenvalue weighted by atomic mass is 10.1. The minimum Gasteiger partial charge on any atom is -0.0955 e. The average Bonchev–Trinajstić information content (AvgIpc) is 2.24. The van der Waals surface area contributed by atoms with Gasteiger partial charge in [-0.25, -0.2) is 0 Å². The van der Waals surface area contributed by atoms with Crippen LogP contribution in [0.25, 0.3) is 5.57 Å². The monoisotopic (exact) mass is 192 g/mol. The summed E-state index contributed by atoms with van der Waals surface area (Å²) in [5, 5.41) is 0. The van der Waals surface area contributed by atoms with Crippen LogP contribution in [0.5, 0.6) is 0 Å². The molecule has 0 unspecified atom stereocenters. The van der Waals surface area contributed by atoms with Crippen molar-refractivity contribution in [3.63, 3.8) is 0 Å². The Bertz CT molecular complexity index is 229. The summed E-state index contributed by atoms with van der Waals surface area (Å²) < 4.78 is 0. The van der Waals surface area contributed by atoms with Crippen LogP contribution in [0.3, 0.4) is 0 Å². The molecule has 0 saturated heterocycles. The summed E-state index contributed by atoms with van der Waals surface area (Å²) in [7, 11) is 0. The van der Waals surface area contributed by atoms with Gasteiger partial charge in [-0.3, -0.25) is 0 Å². The molecular weight excluding hydrogens is 168 g/mol. The average molecular weight is 192 g/mol. The van der Waals surface area contributed by atoms with Crippen LogP contribution in [0.15, 0.2) is 30.8 Å². The number of rotatable bonds is 1. The predicted molar refractivity (Wildman–Crippen MR) is 68.6 cm³/mol. The van der Waals surface area contributed by atoms with Crippen molar-refractivity contribution >= 4 is 5.57 Å². The highest BCUT2D eigenvalue weighted by Crippen LogP contribution is 2.11. The maximum Gasteiger partial charge on any atom is -0.0233 e. The molecule has 0 saturated carbocycles. The van der Waals surface area contributed by atoms with Crippen LogP contribution in [0.4, 0.5) is 0 Å². The van der Waals surface area contributed by atoms with Gasteiger partial charge < -0.3 is 0 Å². The van der Waals surface area contributed by atoms with Crippen molar-refractivity contribution < 1.29 is 0 Å². The predicted octanol–water partition coefficient (Wildman–Crippen LogP) is 5.08. The van der Waals surface area contributed by atoms with Crippen LogP contribution in [0.1, 0.15) is 45.7 Å². The first-order valence-corrected chi connectivity index (χ1v) is 5.42. The van der Waals surface area contributed by atoms with E-state index in [4.69, 9.17) is 0 Å². The summed E-state index contributed by atoms with van der Waals surface area (Å²) in [5.74, 6) is 0. The van der Waals surface area contributed by atoms with Crippen molar-refractivity contribution in [1.29, 1.82) is 0 Å². The van der Waals surface area contributed by atoms with E-state index >= 15 is 0 Å². The van der Waals surface area contributed by atoms with Crippen LogP contribution in [0.2, 0.25) is 0 Å². The molecule has 0 heterocycles. The fourth-order valence-corrected chi connectivity index (χ4v) is 0.838. The first kappa shape index (κ1) is 15.4. The van der Waals surface area contributed by atoms with E-state index in [1.807, 2.05) is 34.6 Å². The van der Waals surface area contributed by atoms with Crippen LogP contribution >= 0.6 is 0 Å². The summed E-state index contributed by atoms with van der Waals surface area (Å²) in [4.78, 5) is 0. The molecule has 0 N–H and O–H groups in total. The highest BCUT2D eigenvalue weighted by Gasteiger charge is 1.89. The van der Waals surface area contributed by atoms with Crippen molar-refractivity contribution in [2.45, 2.75) is 41.5 Å². The second-order valence-electron chi connectivity index (χ2n) is 2.65. The molecule has 0 heteroatoms. The Balaban J connectivity index is 0. The molecule has 0 spiro atoms. The highest BCUT2D eigenvalue weighted by molar-refractivity contribution is 5.61. The van der Waals surface area contributed by atoms with E-state index in [9.17, 15) is 0 Å². The second kappa shape index (κ2) is 10.0. The maximum absolute atomic E-state index is 3.86. The molecule has 1 aromatic rings. The van der Waals surface area contributed by atoms with E-state index < -0.39 is 0 Å². The van der Waals surface area contributed by atoms with Gasteiger partial charge in [0.15, 0.2) is 0 Å². The first-order chi connectivity index (χ1) is 6.70. The van der Waals surface area contributed by atoms with E-state index in [0.717, 1.165) is 5.57 Å². The molecule has 0 atom stereocenters. The quantitative estimate of drug-likeness (QED) is 0.582. The number of allylic oxidation sites excluding steroid dienone is 1. The fraction of sp³-hybridized carbons (Fsp3) is 0.429. The molecule has 0 nitrogen and oxygen atoms in total. The molecule has 0 aliphatic carbocycles. The summed E-state index contributed by atoms with van der Waals surface area (Å²) in [6.45, 7) is 16.0. The third kappa shape index (κ3) is 6.47. The van der Waals surface area contributed by atoms with Crippen molar-refractivity contribution in [2.75, 3.05) is 0 Å². The molecule has 0 amide bonds. The van der Waals surface area contributed by atoms with Gasteiger partial charge in [0.05, 0.1) is 0 Å². The maximum atomic E-state index is 3.86. The lowest BCUT2D eigenvalue weighted by Crippen LogP contribution is -1.76. The van der Waals surface area contributed by atoms with Gasteiger partial charge >= 0.3 is 0 Å². The van der Waals surface area contributed by atoms with Crippen LogP contribution in [-0.2, 0) is 0 Å². The third-order valence-corrected chi connectivity index (χ3v) is 1.54. The molecule has 0 radical (unpaired) electrons. The zero-order chi connectivity index (χ0) is 11.6. The SMILES string of the molecule is C=C(C)c1ccc(C)cc1.CC.CC. The number of hydrogen-bond donors (Lipinski definition) is 0. The van der Waals surface area contributed by atoms with Gasteiger partial charge in [0.25, 0.3) is 0 Å². The number of aryl methyl sites for hydroxylation is 1. The van der Waals surface area contributed by atoms with Crippen molar-refractivity contribution in [1.82, 2.24) is 0 Å². The molecular formula is C14H24. The van der Waals surface area contributed by atoms with E-state index in [2.05, 4.69) is 37.8 Å². The summed E-state index contributed by atoms with van der Waals surface area (Å²) in [6, 6.07) is 8.39. The van der Waals surface area contributed by atoms with Gasteiger partial charge in [-0.2, -0.15) is 0 Å². The van der Waals surface area contributed by atoms with E-state index in [0.29, 0.717) is 0 Å². The Labute approximate surface area is 89.7 Å². The first-order valence-electron chi connectivity index (χ1n) is 5.42. The zero-order valence-electron chi connectivity index (χ0n) is 10.5. The lowest BCUT2D eigenvalue weighted by molar-refractivity contribution is 1.45. The van der Waals surface area contributed by atoms with Gasteiger partial charge in [0.2, 0.25) is 0 Å². The zero-order valence-corrected chi connectivity index (χ0v) is 10.5. The van der Waals surface area contributed by atoms with Crippen LogP contribution in [0, 0.1) is 6.92 Å². The minimum atomic E-state index is 1.13. The Kier molecular flexibility index (Phi) is 11.1. The minimum absolute atomic E-state index is 1.13. The Morgan fingerprint density at radius 1 is 0.929 bits per heavy atom. The van der Waals surface area contributed by atoms with Crippen LogP contribution < -0.4 is 0 Å². The summed E-state index contributed by atoms with van der Waals surface area (Å²) in [6.07, 6.45) is 0. The Morgan fingerprint density at radius 2 is 1.29 bits per heavy atom. The third-order valence-electron chi connectivity index (χ3n) is 1.54. The highest BCUT2D eigenvalue weighted by atomic mass is 13.9. The molecule has 0 aliphatic rings. The van der Waals surface area contributed by atoms with E-state index in [-0.39, 0.29) is 0 Å². The van der Waals surface area contributed by atoms with Crippen LogP contribution in [-0.4, -0.2) is 0 Å².